The minimum absolute atomic E-state index is 0.128. The number of carboxylic acid groups (broad SMARTS) is 1. The summed E-state index contributed by atoms with van der Waals surface area (Å²) in [6, 6.07) is 2.83. The Hall–Kier alpha value is -2.11. The van der Waals surface area contributed by atoms with Gasteiger partial charge < -0.3 is 15.6 Å². The number of hydrogen-bond acceptors (Lipinski definition) is 3. The highest BCUT2D eigenvalue weighted by Gasteiger charge is 2.09. The number of nitrogens with one attached hydrogen (secondary N) is 1. The molecule has 6 nitrogen and oxygen atoms in total. The van der Waals surface area contributed by atoms with E-state index in [1.807, 2.05) is 0 Å². The van der Waals surface area contributed by atoms with Crippen LogP contribution in [0.3, 0.4) is 0 Å². The van der Waals surface area contributed by atoms with Gasteiger partial charge in [0.05, 0.1) is 0 Å². The number of rotatable bonds is 3. The molecule has 0 saturated carbocycles. The predicted octanol–water partition coefficient (Wildman–Crippen LogP) is -0.866. The number of carbonyl (C=O) groups is 2. The van der Waals surface area contributed by atoms with Gasteiger partial charge in [-0.25, -0.2) is 0 Å². The fourth-order valence-corrected chi connectivity index (χ4v) is 0.847. The summed E-state index contributed by atoms with van der Waals surface area (Å²) in [5, 5.41) is 21.2. The molecule has 74 valence electrons. The van der Waals surface area contributed by atoms with Crippen molar-refractivity contribution >= 4 is 11.9 Å². The fourth-order valence-electron chi connectivity index (χ4n) is 0.847. The van der Waals surface area contributed by atoms with Crippen molar-refractivity contribution in [3.63, 3.8) is 0 Å². The van der Waals surface area contributed by atoms with Crippen LogP contribution in [0.5, 0.6) is 0 Å². The van der Waals surface area contributed by atoms with Gasteiger partial charge in [0.15, 0.2) is 12.4 Å². The highest BCUT2D eigenvalue weighted by Crippen LogP contribution is 1.92. The maximum absolute atomic E-state index is 11.2. The van der Waals surface area contributed by atoms with Gasteiger partial charge in [-0.3, -0.25) is 9.59 Å². The van der Waals surface area contributed by atoms with Crippen LogP contribution in [-0.4, -0.2) is 23.5 Å². The second-order valence-corrected chi connectivity index (χ2v) is 2.53. The normalized spacial score (nSPS) is 9.43. The third-order valence-corrected chi connectivity index (χ3v) is 1.44. The number of aliphatic carboxylic acids is 1. The Labute approximate surface area is 79.4 Å². The minimum atomic E-state index is -1.13. The molecule has 1 heterocycles. The molecular formula is C8H8N2O4. The van der Waals surface area contributed by atoms with E-state index < -0.39 is 18.4 Å². The summed E-state index contributed by atoms with van der Waals surface area (Å²) in [5.74, 6) is -1.72. The van der Waals surface area contributed by atoms with E-state index in [-0.39, 0.29) is 5.56 Å². The maximum Gasteiger partial charge on any atom is 0.322 e. The van der Waals surface area contributed by atoms with Crippen LogP contribution in [0.4, 0.5) is 0 Å². The Morgan fingerprint density at radius 2 is 2.29 bits per heavy atom. The lowest BCUT2D eigenvalue weighted by Crippen LogP contribution is -2.32. The van der Waals surface area contributed by atoms with Gasteiger partial charge in [-0.2, -0.15) is 4.73 Å². The van der Waals surface area contributed by atoms with E-state index >= 15 is 0 Å². The summed E-state index contributed by atoms with van der Waals surface area (Å²) < 4.78 is 0.468. The van der Waals surface area contributed by atoms with E-state index in [0.717, 1.165) is 6.20 Å². The molecule has 1 aromatic heterocycles. The molecule has 1 amide bonds. The lowest BCUT2D eigenvalue weighted by atomic mass is 10.3. The van der Waals surface area contributed by atoms with Gasteiger partial charge in [-0.1, -0.05) is 0 Å². The van der Waals surface area contributed by atoms with E-state index in [2.05, 4.69) is 5.32 Å². The fraction of sp³-hybridized carbons (Fsp3) is 0.125. The molecule has 6 heteroatoms. The highest BCUT2D eigenvalue weighted by molar-refractivity contribution is 5.95. The van der Waals surface area contributed by atoms with Crippen molar-refractivity contribution in [2.75, 3.05) is 6.54 Å². The number of nitrogens with zero attached hydrogens (tertiary/aromatic N) is 1. The second-order valence-electron chi connectivity index (χ2n) is 2.53. The summed E-state index contributed by atoms with van der Waals surface area (Å²) in [4.78, 5) is 21.3. The van der Waals surface area contributed by atoms with Crippen LogP contribution in [-0.2, 0) is 4.79 Å². The SMILES string of the molecule is O=C(O)CNC(=O)c1ccc[n+]([O-])c1. The third kappa shape index (κ3) is 2.74. The number of hydrogen-bond donors (Lipinski definition) is 2. The van der Waals surface area contributed by atoms with Crippen molar-refractivity contribution < 1.29 is 19.4 Å². The van der Waals surface area contributed by atoms with Crippen LogP contribution in [0.1, 0.15) is 10.4 Å². The van der Waals surface area contributed by atoms with Crippen LogP contribution in [0, 0.1) is 5.21 Å². The molecule has 0 radical (unpaired) electrons. The summed E-state index contributed by atoms with van der Waals surface area (Å²) >= 11 is 0. The maximum atomic E-state index is 11.2. The van der Waals surface area contributed by atoms with E-state index in [1.165, 1.54) is 18.3 Å². The third-order valence-electron chi connectivity index (χ3n) is 1.44. The molecule has 2 N–H and O–H groups in total. The Balaban J connectivity index is 2.65. The van der Waals surface area contributed by atoms with Crippen molar-refractivity contribution in [2.24, 2.45) is 0 Å². The quantitative estimate of drug-likeness (QED) is 0.485. The first kappa shape index (κ1) is 9.97. The summed E-state index contributed by atoms with van der Waals surface area (Å²) in [5.41, 5.74) is 0.128. The molecular weight excluding hydrogens is 188 g/mol. The zero-order chi connectivity index (χ0) is 10.6. The molecule has 0 aliphatic rings. The van der Waals surface area contributed by atoms with Crippen molar-refractivity contribution in [3.05, 3.63) is 35.3 Å². The number of amides is 1. The smallest absolute Gasteiger partial charge is 0.322 e. The zero-order valence-electron chi connectivity index (χ0n) is 7.14. The van der Waals surface area contributed by atoms with Gasteiger partial charge in [0.25, 0.3) is 5.91 Å². The summed E-state index contributed by atoms with van der Waals surface area (Å²) in [6.45, 7) is -0.466. The first-order valence-electron chi connectivity index (χ1n) is 3.78. The largest absolute Gasteiger partial charge is 0.619 e. The van der Waals surface area contributed by atoms with Gasteiger partial charge in [-0.15, -0.1) is 0 Å². The zero-order valence-corrected chi connectivity index (χ0v) is 7.14. The van der Waals surface area contributed by atoms with E-state index in [4.69, 9.17) is 5.11 Å². The first-order chi connectivity index (χ1) is 6.59. The Kier molecular flexibility index (Phi) is 3.01. The molecule has 0 saturated heterocycles. The second kappa shape index (κ2) is 4.22. The van der Waals surface area contributed by atoms with Crippen molar-refractivity contribution in [1.82, 2.24) is 5.32 Å². The first-order valence-corrected chi connectivity index (χ1v) is 3.78. The van der Waals surface area contributed by atoms with E-state index in [9.17, 15) is 14.8 Å². The number of pyridine rings is 1. The lowest BCUT2D eigenvalue weighted by Gasteiger charge is -2.01. The molecule has 1 rings (SSSR count). The Bertz CT molecular complexity index is 364. The van der Waals surface area contributed by atoms with Crippen LogP contribution in [0.15, 0.2) is 24.5 Å². The number of carboxylic acids is 1. The van der Waals surface area contributed by atoms with E-state index in [0.29, 0.717) is 4.73 Å². The summed E-state index contributed by atoms with van der Waals surface area (Å²) in [6.07, 6.45) is 2.30. The topological polar surface area (TPSA) is 93.3 Å². The Morgan fingerprint density at radius 1 is 1.57 bits per heavy atom. The van der Waals surface area contributed by atoms with Gasteiger partial charge in [0, 0.05) is 6.07 Å². The van der Waals surface area contributed by atoms with Crippen LogP contribution in [0.2, 0.25) is 0 Å². The highest BCUT2D eigenvalue weighted by atomic mass is 16.5. The van der Waals surface area contributed by atoms with Crippen molar-refractivity contribution in [3.8, 4) is 0 Å². The van der Waals surface area contributed by atoms with Gasteiger partial charge in [0.2, 0.25) is 0 Å². The molecule has 0 bridgehead atoms. The molecule has 0 atom stereocenters. The molecule has 0 aliphatic carbocycles. The minimum Gasteiger partial charge on any atom is -0.619 e. The van der Waals surface area contributed by atoms with Crippen molar-refractivity contribution in [2.45, 2.75) is 0 Å². The monoisotopic (exact) mass is 196 g/mol. The van der Waals surface area contributed by atoms with Crippen molar-refractivity contribution in [1.29, 1.82) is 0 Å². The van der Waals surface area contributed by atoms with Crippen LogP contribution in [0.25, 0.3) is 0 Å². The van der Waals surface area contributed by atoms with Gasteiger partial charge in [-0.05, 0) is 6.07 Å². The van der Waals surface area contributed by atoms with Gasteiger partial charge >= 0.3 is 5.97 Å². The van der Waals surface area contributed by atoms with Gasteiger partial charge in [0.1, 0.15) is 12.1 Å². The number of aromatic nitrogens is 1. The number of carbonyl (C=O) groups excluding carboxylic acids is 1. The Morgan fingerprint density at radius 3 is 2.86 bits per heavy atom. The standard InChI is InChI=1S/C8H8N2O4/c11-7(12)4-9-8(13)6-2-1-3-10(14)5-6/h1-3,5H,4H2,(H,9,13)(H,11,12). The molecule has 0 fully saturated rings. The average molecular weight is 196 g/mol. The molecule has 1 aromatic rings. The van der Waals surface area contributed by atoms with Crippen LogP contribution >= 0.6 is 0 Å². The summed E-state index contributed by atoms with van der Waals surface area (Å²) in [7, 11) is 0. The van der Waals surface area contributed by atoms with E-state index in [1.54, 1.807) is 0 Å². The molecule has 0 unspecified atom stereocenters. The lowest BCUT2D eigenvalue weighted by molar-refractivity contribution is -0.605. The predicted molar refractivity (Wildman–Crippen MR) is 45.4 cm³/mol. The molecule has 0 aliphatic heterocycles. The van der Waals surface area contributed by atoms with Crippen LogP contribution < -0.4 is 10.0 Å². The average Bonchev–Trinajstić information content (AvgIpc) is 2.14. The molecule has 14 heavy (non-hydrogen) atoms. The molecule has 0 aromatic carbocycles. The molecule has 0 spiro atoms.